The standard InChI is InChI=1S/C22H27N5O3S/c28-14-13-26-17-11-6-12-22(17,21(30)23-15-7-4-5-8-15)27(16-9-2-1-3-10-16)20(29)18-19(26)25-31-24-18/h1-3,9-10,15,17,28H,4-8,11-14H2,(H,23,30). The number of hydrogen-bond acceptors (Lipinski definition) is 7. The van der Waals surface area contributed by atoms with E-state index in [9.17, 15) is 14.7 Å². The third kappa shape index (κ3) is 3.22. The summed E-state index contributed by atoms with van der Waals surface area (Å²) in [4.78, 5) is 31.5. The van der Waals surface area contributed by atoms with Crippen LogP contribution in [0, 0.1) is 0 Å². The molecule has 8 nitrogen and oxygen atoms in total. The van der Waals surface area contributed by atoms with E-state index in [-0.39, 0.29) is 36.2 Å². The number of rotatable bonds is 5. The van der Waals surface area contributed by atoms with Crippen LogP contribution in [0.1, 0.15) is 55.4 Å². The van der Waals surface area contributed by atoms with E-state index in [1.165, 1.54) is 0 Å². The van der Waals surface area contributed by atoms with E-state index in [4.69, 9.17) is 0 Å². The molecule has 2 aromatic rings. The summed E-state index contributed by atoms with van der Waals surface area (Å²) in [6.07, 6.45) is 6.30. The highest BCUT2D eigenvalue weighted by Crippen LogP contribution is 2.46. The largest absolute Gasteiger partial charge is 0.395 e. The van der Waals surface area contributed by atoms with Crippen LogP contribution in [0.25, 0.3) is 0 Å². The van der Waals surface area contributed by atoms with E-state index in [2.05, 4.69) is 14.1 Å². The molecule has 5 rings (SSSR count). The van der Waals surface area contributed by atoms with Crippen LogP contribution in [0.5, 0.6) is 0 Å². The third-order valence-electron chi connectivity index (χ3n) is 6.95. The van der Waals surface area contributed by atoms with E-state index in [0.29, 0.717) is 24.5 Å². The van der Waals surface area contributed by atoms with Crippen LogP contribution in [0.4, 0.5) is 11.5 Å². The van der Waals surface area contributed by atoms with Gasteiger partial charge in [-0.25, -0.2) is 0 Å². The maximum absolute atomic E-state index is 14.0. The fourth-order valence-electron chi connectivity index (χ4n) is 5.63. The number of para-hydroxylation sites is 1. The van der Waals surface area contributed by atoms with Crippen molar-refractivity contribution in [1.29, 1.82) is 0 Å². The second-order valence-electron chi connectivity index (χ2n) is 8.62. The average molecular weight is 442 g/mol. The monoisotopic (exact) mass is 441 g/mol. The molecule has 2 atom stereocenters. The van der Waals surface area contributed by atoms with Gasteiger partial charge in [0.1, 0.15) is 5.54 Å². The zero-order chi connectivity index (χ0) is 21.4. The zero-order valence-electron chi connectivity index (χ0n) is 17.4. The highest BCUT2D eigenvalue weighted by Gasteiger charge is 2.60. The van der Waals surface area contributed by atoms with Crippen molar-refractivity contribution in [2.45, 2.75) is 62.6 Å². The lowest BCUT2D eigenvalue weighted by atomic mass is 9.87. The lowest BCUT2D eigenvalue weighted by Gasteiger charge is -2.45. The molecule has 2 fully saturated rings. The molecule has 1 aromatic carbocycles. The normalized spacial score (nSPS) is 26.0. The first-order valence-corrected chi connectivity index (χ1v) is 11.8. The number of nitrogens with one attached hydrogen (secondary N) is 1. The smallest absolute Gasteiger partial charge is 0.282 e. The van der Waals surface area contributed by atoms with Gasteiger partial charge in [0.2, 0.25) is 5.91 Å². The molecule has 2 amide bonds. The van der Waals surface area contributed by atoms with Crippen molar-refractivity contribution in [2.75, 3.05) is 23.0 Å². The van der Waals surface area contributed by atoms with Crippen molar-refractivity contribution in [3.63, 3.8) is 0 Å². The first kappa shape index (κ1) is 20.4. The number of aliphatic hydroxyl groups excluding tert-OH is 1. The predicted molar refractivity (Wildman–Crippen MR) is 118 cm³/mol. The molecule has 9 heteroatoms. The summed E-state index contributed by atoms with van der Waals surface area (Å²) in [7, 11) is 0. The molecule has 2 N–H and O–H groups in total. The van der Waals surface area contributed by atoms with Gasteiger partial charge in [-0.05, 0) is 44.2 Å². The Bertz CT molecular complexity index is 961. The number of β-amino-alcohol motifs (C(OH)–C–C–N with tert-alkyl or cyclic N) is 1. The molecule has 2 aliphatic carbocycles. The van der Waals surface area contributed by atoms with Crippen molar-refractivity contribution in [3.8, 4) is 0 Å². The van der Waals surface area contributed by atoms with E-state index >= 15 is 0 Å². The molecule has 1 aromatic heterocycles. The van der Waals surface area contributed by atoms with Crippen molar-refractivity contribution in [2.24, 2.45) is 0 Å². The number of carbonyl (C=O) groups excluding carboxylic acids is 2. The molecule has 0 spiro atoms. The Morgan fingerprint density at radius 2 is 1.94 bits per heavy atom. The number of aliphatic hydroxyl groups is 1. The summed E-state index contributed by atoms with van der Waals surface area (Å²) in [5.41, 5.74) is -0.133. The first-order chi connectivity index (χ1) is 15.2. The fourth-order valence-corrected chi connectivity index (χ4v) is 6.18. The number of amides is 2. The van der Waals surface area contributed by atoms with Gasteiger partial charge in [0.05, 0.1) is 24.4 Å². The van der Waals surface area contributed by atoms with Crippen LogP contribution < -0.4 is 15.1 Å². The average Bonchev–Trinajstić information content (AvgIpc) is 3.53. The Balaban J connectivity index is 1.68. The fraction of sp³-hybridized carbons (Fsp3) is 0.545. The predicted octanol–water partition coefficient (Wildman–Crippen LogP) is 2.35. The molecular weight excluding hydrogens is 414 g/mol. The Kier molecular flexibility index (Phi) is 5.39. The molecular formula is C22H27N5O3S. The van der Waals surface area contributed by atoms with Gasteiger partial charge in [-0.1, -0.05) is 31.0 Å². The summed E-state index contributed by atoms with van der Waals surface area (Å²) >= 11 is 0.991. The number of carbonyl (C=O) groups is 2. The van der Waals surface area contributed by atoms with Crippen molar-refractivity contribution < 1.29 is 14.7 Å². The van der Waals surface area contributed by atoms with Gasteiger partial charge in [0.15, 0.2) is 11.5 Å². The molecule has 3 aliphatic rings. The molecule has 31 heavy (non-hydrogen) atoms. The van der Waals surface area contributed by atoms with Crippen LogP contribution in [0.3, 0.4) is 0 Å². The summed E-state index contributed by atoms with van der Waals surface area (Å²) in [6.45, 7) is 0.213. The Hall–Kier alpha value is -2.52. The topological polar surface area (TPSA) is 98.7 Å². The molecule has 0 saturated heterocycles. The van der Waals surface area contributed by atoms with Crippen LogP contribution in [-0.4, -0.2) is 56.4 Å². The quantitative estimate of drug-likeness (QED) is 0.739. The highest BCUT2D eigenvalue weighted by atomic mass is 32.1. The lowest BCUT2D eigenvalue weighted by molar-refractivity contribution is -0.127. The molecule has 0 bridgehead atoms. The summed E-state index contributed by atoms with van der Waals surface area (Å²) in [5, 5.41) is 13.1. The molecule has 1 aliphatic heterocycles. The van der Waals surface area contributed by atoms with Gasteiger partial charge in [-0.2, -0.15) is 8.75 Å². The lowest BCUT2D eigenvalue weighted by Crippen LogP contribution is -2.68. The van der Waals surface area contributed by atoms with Crippen LogP contribution in [0.2, 0.25) is 0 Å². The SMILES string of the molecule is O=C1c2nsnc2N(CCO)C2CCCC2(C(=O)NC2CCCC2)N1c1ccccc1. The molecule has 2 saturated carbocycles. The van der Waals surface area contributed by atoms with E-state index < -0.39 is 5.54 Å². The van der Waals surface area contributed by atoms with Gasteiger partial charge in [-0.15, -0.1) is 0 Å². The maximum Gasteiger partial charge on any atom is 0.282 e. The van der Waals surface area contributed by atoms with Crippen molar-refractivity contribution in [3.05, 3.63) is 36.0 Å². The summed E-state index contributed by atoms with van der Waals surface area (Å²) in [6, 6.07) is 9.28. The minimum Gasteiger partial charge on any atom is -0.395 e. The molecule has 2 unspecified atom stereocenters. The Morgan fingerprint density at radius 3 is 2.68 bits per heavy atom. The van der Waals surface area contributed by atoms with Crippen LogP contribution in [0.15, 0.2) is 30.3 Å². The number of fused-ring (bicyclic) bond motifs is 2. The number of aromatic nitrogens is 2. The number of hydrogen-bond donors (Lipinski definition) is 2. The second-order valence-corrected chi connectivity index (χ2v) is 9.15. The van der Waals surface area contributed by atoms with Gasteiger partial charge in [0, 0.05) is 18.3 Å². The van der Waals surface area contributed by atoms with Crippen LogP contribution in [-0.2, 0) is 4.79 Å². The molecule has 2 heterocycles. The van der Waals surface area contributed by atoms with Gasteiger partial charge >= 0.3 is 0 Å². The van der Waals surface area contributed by atoms with Gasteiger partial charge < -0.3 is 15.3 Å². The van der Waals surface area contributed by atoms with E-state index in [1.54, 1.807) is 4.90 Å². The summed E-state index contributed by atoms with van der Waals surface area (Å²) in [5.74, 6) is 0.0761. The minimum absolute atomic E-state index is 0.0900. The Morgan fingerprint density at radius 1 is 1.16 bits per heavy atom. The van der Waals surface area contributed by atoms with Gasteiger partial charge in [0.25, 0.3) is 5.91 Å². The number of benzene rings is 1. The van der Waals surface area contributed by atoms with Crippen molar-refractivity contribution in [1.82, 2.24) is 14.1 Å². The number of nitrogens with zero attached hydrogens (tertiary/aromatic N) is 4. The van der Waals surface area contributed by atoms with Crippen LogP contribution >= 0.6 is 11.7 Å². The molecule has 0 radical (unpaired) electrons. The zero-order valence-corrected chi connectivity index (χ0v) is 18.2. The molecule has 164 valence electrons. The Labute approximate surface area is 185 Å². The van der Waals surface area contributed by atoms with E-state index in [0.717, 1.165) is 50.3 Å². The highest BCUT2D eigenvalue weighted by molar-refractivity contribution is 6.99. The summed E-state index contributed by atoms with van der Waals surface area (Å²) < 4.78 is 8.73. The van der Waals surface area contributed by atoms with E-state index in [1.807, 2.05) is 35.2 Å². The first-order valence-electron chi connectivity index (χ1n) is 11.1. The third-order valence-corrected chi connectivity index (χ3v) is 7.47. The maximum atomic E-state index is 14.0. The van der Waals surface area contributed by atoms with Crippen molar-refractivity contribution >= 4 is 35.0 Å². The number of anilines is 2. The minimum atomic E-state index is -1.07. The van der Waals surface area contributed by atoms with Gasteiger partial charge in [-0.3, -0.25) is 14.5 Å². The second kappa shape index (κ2) is 8.20.